The summed E-state index contributed by atoms with van der Waals surface area (Å²) in [6.07, 6.45) is 11.8. The largest absolute Gasteiger partial charge is 0.0654 e. The smallest absolute Gasteiger partial charge is 0.0388 e. The fraction of sp³-hybridized carbons (Fsp3) is 1.00. The van der Waals surface area contributed by atoms with Crippen LogP contribution in [0.25, 0.3) is 0 Å². The van der Waals surface area contributed by atoms with Gasteiger partial charge in [0.25, 0.3) is 0 Å². The average molecular weight is 196 g/mol. The zero-order chi connectivity index (χ0) is 10.4. The van der Waals surface area contributed by atoms with Gasteiger partial charge < -0.3 is 0 Å². The summed E-state index contributed by atoms with van der Waals surface area (Å²) in [4.78, 5) is 0. The maximum absolute atomic E-state index is 2.47. The number of hydrogen-bond acceptors (Lipinski definition) is 0. The Morgan fingerprint density at radius 2 is 1.86 bits per heavy atom. The maximum atomic E-state index is 2.47. The van der Waals surface area contributed by atoms with E-state index >= 15 is 0 Å². The van der Waals surface area contributed by atoms with Gasteiger partial charge in [-0.05, 0) is 24.2 Å². The van der Waals surface area contributed by atoms with Crippen LogP contribution >= 0.6 is 0 Å². The van der Waals surface area contributed by atoms with E-state index in [1.54, 1.807) is 0 Å². The van der Waals surface area contributed by atoms with Crippen molar-refractivity contribution in [1.29, 1.82) is 0 Å². The summed E-state index contributed by atoms with van der Waals surface area (Å²) in [7, 11) is 0. The third kappa shape index (κ3) is 4.02. The van der Waals surface area contributed by atoms with Gasteiger partial charge >= 0.3 is 0 Å². The highest BCUT2D eigenvalue weighted by molar-refractivity contribution is 4.72. The minimum absolute atomic E-state index is 0.967. The van der Waals surface area contributed by atoms with Gasteiger partial charge in [0.05, 0.1) is 0 Å². The summed E-state index contributed by atoms with van der Waals surface area (Å²) in [5.41, 5.74) is 0. The van der Waals surface area contributed by atoms with Crippen LogP contribution in [-0.4, -0.2) is 0 Å². The van der Waals surface area contributed by atoms with Gasteiger partial charge in [-0.25, -0.2) is 0 Å². The molecular formula is C14H28. The molecule has 0 aromatic heterocycles. The highest BCUT2D eigenvalue weighted by Crippen LogP contribution is 2.33. The third-order valence-electron chi connectivity index (χ3n) is 4.10. The Morgan fingerprint density at radius 1 is 1.14 bits per heavy atom. The van der Waals surface area contributed by atoms with E-state index in [1.807, 2.05) is 0 Å². The number of rotatable bonds is 5. The molecule has 0 amide bonds. The van der Waals surface area contributed by atoms with Crippen molar-refractivity contribution in [3.05, 3.63) is 0 Å². The molecule has 1 aliphatic carbocycles. The molecular weight excluding hydrogens is 168 g/mol. The van der Waals surface area contributed by atoms with Crippen LogP contribution < -0.4 is 0 Å². The van der Waals surface area contributed by atoms with E-state index in [4.69, 9.17) is 0 Å². The minimum atomic E-state index is 0.967. The van der Waals surface area contributed by atoms with Gasteiger partial charge in [-0.15, -0.1) is 0 Å². The maximum Gasteiger partial charge on any atom is -0.0388 e. The lowest BCUT2D eigenvalue weighted by Crippen LogP contribution is -2.17. The van der Waals surface area contributed by atoms with Crippen LogP contribution in [0.1, 0.15) is 72.1 Å². The first-order valence-electron chi connectivity index (χ1n) is 6.74. The van der Waals surface area contributed by atoms with E-state index in [0.29, 0.717) is 0 Å². The Kier molecular flexibility index (Phi) is 5.59. The van der Waals surface area contributed by atoms with E-state index in [2.05, 4.69) is 20.8 Å². The Balaban J connectivity index is 2.15. The van der Waals surface area contributed by atoms with Crippen LogP contribution in [0.5, 0.6) is 0 Å². The highest BCUT2D eigenvalue weighted by Gasteiger charge is 2.21. The summed E-state index contributed by atoms with van der Waals surface area (Å²) in [5.74, 6) is 3.04. The molecule has 0 aromatic rings. The van der Waals surface area contributed by atoms with Crippen LogP contribution in [0.2, 0.25) is 0 Å². The lowest BCUT2D eigenvalue weighted by Gasteiger charge is -2.29. The molecule has 0 heterocycles. The first kappa shape index (κ1) is 12.1. The molecule has 1 fully saturated rings. The SMILES string of the molecule is CCCC(C)CCC1CCCCC1C. The van der Waals surface area contributed by atoms with Gasteiger partial charge in [0.2, 0.25) is 0 Å². The van der Waals surface area contributed by atoms with Crippen molar-refractivity contribution in [2.24, 2.45) is 17.8 Å². The van der Waals surface area contributed by atoms with E-state index in [9.17, 15) is 0 Å². The molecule has 0 bridgehead atoms. The molecule has 0 spiro atoms. The van der Waals surface area contributed by atoms with Crippen molar-refractivity contribution in [3.63, 3.8) is 0 Å². The summed E-state index contributed by atoms with van der Waals surface area (Å²) in [6.45, 7) is 7.20. The molecule has 1 rings (SSSR count). The molecule has 1 saturated carbocycles. The van der Waals surface area contributed by atoms with E-state index in [1.165, 1.54) is 51.4 Å². The van der Waals surface area contributed by atoms with Crippen molar-refractivity contribution in [2.75, 3.05) is 0 Å². The van der Waals surface area contributed by atoms with E-state index < -0.39 is 0 Å². The van der Waals surface area contributed by atoms with Crippen LogP contribution in [0, 0.1) is 17.8 Å². The second-order valence-electron chi connectivity index (χ2n) is 5.49. The molecule has 0 aliphatic heterocycles. The molecule has 0 radical (unpaired) electrons. The van der Waals surface area contributed by atoms with Crippen LogP contribution in [0.3, 0.4) is 0 Å². The van der Waals surface area contributed by atoms with E-state index in [-0.39, 0.29) is 0 Å². The van der Waals surface area contributed by atoms with Crippen molar-refractivity contribution in [3.8, 4) is 0 Å². The summed E-state index contributed by atoms with van der Waals surface area (Å²) < 4.78 is 0. The Hall–Kier alpha value is 0. The van der Waals surface area contributed by atoms with Crippen LogP contribution in [0.4, 0.5) is 0 Å². The molecule has 3 unspecified atom stereocenters. The predicted octanol–water partition coefficient (Wildman–Crippen LogP) is 5.03. The summed E-state index contributed by atoms with van der Waals surface area (Å²) >= 11 is 0. The molecule has 3 atom stereocenters. The van der Waals surface area contributed by atoms with E-state index in [0.717, 1.165) is 17.8 Å². The average Bonchev–Trinajstić information content (AvgIpc) is 2.17. The predicted molar refractivity (Wildman–Crippen MR) is 64.4 cm³/mol. The van der Waals surface area contributed by atoms with Gasteiger partial charge in [0.15, 0.2) is 0 Å². The Morgan fingerprint density at radius 3 is 2.50 bits per heavy atom. The first-order chi connectivity index (χ1) is 6.74. The van der Waals surface area contributed by atoms with Gasteiger partial charge in [0, 0.05) is 0 Å². The van der Waals surface area contributed by atoms with Crippen molar-refractivity contribution >= 4 is 0 Å². The third-order valence-corrected chi connectivity index (χ3v) is 4.10. The second kappa shape index (κ2) is 6.48. The zero-order valence-electron chi connectivity index (χ0n) is 10.4. The fourth-order valence-electron chi connectivity index (χ4n) is 2.96. The van der Waals surface area contributed by atoms with Crippen molar-refractivity contribution in [1.82, 2.24) is 0 Å². The molecule has 1 aliphatic rings. The first-order valence-corrected chi connectivity index (χ1v) is 6.74. The lowest BCUT2D eigenvalue weighted by molar-refractivity contribution is 0.226. The fourth-order valence-corrected chi connectivity index (χ4v) is 2.96. The quantitative estimate of drug-likeness (QED) is 0.578. The molecule has 14 heavy (non-hydrogen) atoms. The van der Waals surface area contributed by atoms with Gasteiger partial charge in [-0.3, -0.25) is 0 Å². The monoisotopic (exact) mass is 196 g/mol. The molecule has 0 heteroatoms. The van der Waals surface area contributed by atoms with Crippen molar-refractivity contribution in [2.45, 2.75) is 72.1 Å². The molecule has 0 N–H and O–H groups in total. The zero-order valence-corrected chi connectivity index (χ0v) is 10.4. The highest BCUT2D eigenvalue weighted by atomic mass is 14.3. The molecule has 0 saturated heterocycles. The van der Waals surface area contributed by atoms with Crippen LogP contribution in [-0.2, 0) is 0 Å². The Labute approximate surface area is 90.5 Å². The van der Waals surface area contributed by atoms with Crippen LogP contribution in [0.15, 0.2) is 0 Å². The normalized spacial score (nSPS) is 30.2. The van der Waals surface area contributed by atoms with Gasteiger partial charge in [0.1, 0.15) is 0 Å². The van der Waals surface area contributed by atoms with Crippen molar-refractivity contribution < 1.29 is 0 Å². The van der Waals surface area contributed by atoms with Gasteiger partial charge in [-0.2, -0.15) is 0 Å². The van der Waals surface area contributed by atoms with Gasteiger partial charge in [-0.1, -0.05) is 65.7 Å². The summed E-state index contributed by atoms with van der Waals surface area (Å²) in [6, 6.07) is 0. The second-order valence-corrected chi connectivity index (χ2v) is 5.49. The lowest BCUT2D eigenvalue weighted by atomic mass is 9.77. The standard InChI is InChI=1S/C14H28/c1-4-7-12(2)10-11-14-9-6-5-8-13(14)3/h12-14H,4-11H2,1-3H3. The topological polar surface area (TPSA) is 0 Å². The molecule has 0 nitrogen and oxygen atoms in total. The Bertz CT molecular complexity index is 139. The molecule has 0 aromatic carbocycles. The summed E-state index contributed by atoms with van der Waals surface area (Å²) in [5, 5.41) is 0. The number of hydrogen-bond donors (Lipinski definition) is 0. The molecule has 84 valence electrons. The minimum Gasteiger partial charge on any atom is -0.0654 e.